The van der Waals surface area contributed by atoms with Gasteiger partial charge >= 0.3 is 0 Å². The van der Waals surface area contributed by atoms with Gasteiger partial charge in [0, 0.05) is 52.6 Å². The molecule has 6 aromatic carbocycles. The lowest BCUT2D eigenvalue weighted by atomic mass is 9.91. The molecule has 10 rings (SSSR count). The minimum Gasteiger partial charge on any atom is -0.264 e. The largest absolute Gasteiger partial charge is 0.264 e. The van der Waals surface area contributed by atoms with E-state index in [1.54, 1.807) is 12.4 Å². The molecule has 0 aliphatic heterocycles. The van der Waals surface area contributed by atoms with Crippen LogP contribution in [0.2, 0.25) is 0 Å². The molecule has 0 unspecified atom stereocenters. The first kappa shape index (κ1) is 34.5. The first-order valence-corrected chi connectivity index (χ1v) is 19.2. The monoisotopic (exact) mass is 742 g/mol. The molecular weight excluding hydrogens is 709 g/mol. The van der Waals surface area contributed by atoms with E-state index in [0.717, 1.165) is 77.8 Å². The van der Waals surface area contributed by atoms with Gasteiger partial charge in [-0.2, -0.15) is 0 Å². The molecule has 0 atom stereocenters. The predicted octanol–water partition coefficient (Wildman–Crippen LogP) is 12.5. The molecule has 0 aliphatic carbocycles. The minimum absolute atomic E-state index is 0.620. The lowest BCUT2D eigenvalue weighted by molar-refractivity contribution is 1.07. The second kappa shape index (κ2) is 15.3. The summed E-state index contributed by atoms with van der Waals surface area (Å²) in [6.07, 6.45) is 7.27. The number of rotatable bonds is 8. The Morgan fingerprint density at radius 1 is 0.259 bits per heavy atom. The van der Waals surface area contributed by atoms with E-state index < -0.39 is 0 Å². The molecule has 4 aromatic heterocycles. The summed E-state index contributed by atoms with van der Waals surface area (Å²) in [6, 6.07) is 62.7. The number of pyridine rings is 3. The summed E-state index contributed by atoms with van der Waals surface area (Å²) in [5.74, 6) is 1.88. The summed E-state index contributed by atoms with van der Waals surface area (Å²) >= 11 is 0. The van der Waals surface area contributed by atoms with Gasteiger partial charge in [0.15, 0.2) is 17.5 Å². The summed E-state index contributed by atoms with van der Waals surface area (Å²) in [4.78, 5) is 28.7. The van der Waals surface area contributed by atoms with E-state index in [4.69, 9.17) is 19.9 Å². The standard InChI is InChI=1S/C52H34N6/c1-3-11-35(12-4-1)36-19-23-39(24-20-36)51-56-50(38-13-5-2-6-14-38)57-52(58-51)40-25-21-37(22-26-40)44-27-28-45(47-18-8-7-17-46(44)47)43-31-48(41-15-9-29-53-33-41)55-49(32-43)42-16-10-30-54-34-42/h1-34H. The van der Waals surface area contributed by atoms with E-state index in [0.29, 0.717) is 17.5 Å². The smallest absolute Gasteiger partial charge is 0.164 e. The molecule has 4 heterocycles. The Bertz CT molecular complexity index is 2950. The molecule has 0 bridgehead atoms. The summed E-state index contributed by atoms with van der Waals surface area (Å²) in [5.41, 5.74) is 13.1. The van der Waals surface area contributed by atoms with Crippen LogP contribution in [0, 0.1) is 0 Å². The van der Waals surface area contributed by atoms with Gasteiger partial charge in [-0.1, -0.05) is 146 Å². The van der Waals surface area contributed by atoms with Crippen LogP contribution < -0.4 is 0 Å². The quantitative estimate of drug-likeness (QED) is 0.154. The number of aromatic nitrogens is 6. The summed E-state index contributed by atoms with van der Waals surface area (Å²) < 4.78 is 0. The summed E-state index contributed by atoms with van der Waals surface area (Å²) in [6.45, 7) is 0. The highest BCUT2D eigenvalue weighted by Crippen LogP contribution is 2.39. The van der Waals surface area contributed by atoms with E-state index in [1.807, 2.05) is 73.1 Å². The maximum Gasteiger partial charge on any atom is 0.164 e. The van der Waals surface area contributed by atoms with Crippen LogP contribution in [0.4, 0.5) is 0 Å². The van der Waals surface area contributed by atoms with Crippen LogP contribution in [0.25, 0.3) is 101 Å². The maximum absolute atomic E-state index is 5.04. The Morgan fingerprint density at radius 2 is 0.638 bits per heavy atom. The highest BCUT2D eigenvalue weighted by atomic mass is 15.0. The molecule has 6 nitrogen and oxygen atoms in total. The minimum atomic E-state index is 0.620. The van der Waals surface area contributed by atoms with Gasteiger partial charge in [0.2, 0.25) is 0 Å². The average molecular weight is 743 g/mol. The highest BCUT2D eigenvalue weighted by Gasteiger charge is 2.16. The van der Waals surface area contributed by atoms with Crippen molar-refractivity contribution in [2.75, 3.05) is 0 Å². The number of hydrogen-bond acceptors (Lipinski definition) is 6. The third-order valence-electron chi connectivity index (χ3n) is 10.3. The van der Waals surface area contributed by atoms with E-state index in [-0.39, 0.29) is 0 Å². The molecule has 0 amide bonds. The molecule has 0 saturated carbocycles. The number of nitrogens with zero attached hydrogens (tertiary/aromatic N) is 6. The van der Waals surface area contributed by atoms with Crippen LogP contribution in [-0.4, -0.2) is 29.9 Å². The number of benzene rings is 6. The van der Waals surface area contributed by atoms with Crippen molar-refractivity contribution in [2.24, 2.45) is 0 Å². The summed E-state index contributed by atoms with van der Waals surface area (Å²) in [7, 11) is 0. The molecule has 0 N–H and O–H groups in total. The van der Waals surface area contributed by atoms with Gasteiger partial charge in [-0.15, -0.1) is 0 Å². The molecule has 58 heavy (non-hydrogen) atoms. The van der Waals surface area contributed by atoms with Crippen molar-refractivity contribution in [2.45, 2.75) is 0 Å². The normalized spacial score (nSPS) is 11.1. The zero-order chi connectivity index (χ0) is 38.7. The van der Waals surface area contributed by atoms with Crippen molar-refractivity contribution in [3.8, 4) is 90.1 Å². The van der Waals surface area contributed by atoms with E-state index in [1.165, 1.54) is 5.56 Å². The molecule has 0 fully saturated rings. The third kappa shape index (κ3) is 6.91. The Hall–Kier alpha value is -7.96. The fourth-order valence-corrected chi connectivity index (χ4v) is 7.40. The van der Waals surface area contributed by atoms with Gasteiger partial charge in [-0.25, -0.2) is 19.9 Å². The fourth-order valence-electron chi connectivity index (χ4n) is 7.40. The SMILES string of the molecule is c1ccc(-c2ccc(-c3nc(-c4ccccc4)nc(-c4ccc(-c5ccc(-c6cc(-c7cccnc7)nc(-c7cccnc7)c6)c6ccccc56)cc4)n3)cc2)cc1. The van der Waals surface area contributed by atoms with Gasteiger partial charge in [-0.3, -0.25) is 9.97 Å². The van der Waals surface area contributed by atoms with Crippen LogP contribution in [0.1, 0.15) is 0 Å². The van der Waals surface area contributed by atoms with Crippen LogP contribution in [0.15, 0.2) is 207 Å². The Balaban J connectivity index is 1.03. The van der Waals surface area contributed by atoms with E-state index in [9.17, 15) is 0 Å². The van der Waals surface area contributed by atoms with E-state index >= 15 is 0 Å². The molecule has 0 spiro atoms. The fraction of sp³-hybridized carbons (Fsp3) is 0. The maximum atomic E-state index is 5.04. The molecule has 6 heteroatoms. The zero-order valence-electron chi connectivity index (χ0n) is 31.3. The van der Waals surface area contributed by atoms with Gasteiger partial charge in [-0.05, 0) is 80.6 Å². The first-order chi connectivity index (χ1) is 28.7. The molecule has 0 radical (unpaired) electrons. The average Bonchev–Trinajstić information content (AvgIpc) is 3.32. The van der Waals surface area contributed by atoms with Gasteiger partial charge in [0.25, 0.3) is 0 Å². The zero-order valence-corrected chi connectivity index (χ0v) is 31.3. The molecule has 0 aliphatic rings. The van der Waals surface area contributed by atoms with Crippen molar-refractivity contribution in [3.05, 3.63) is 207 Å². The van der Waals surface area contributed by atoms with Crippen molar-refractivity contribution in [1.29, 1.82) is 0 Å². The van der Waals surface area contributed by atoms with Crippen LogP contribution in [0.3, 0.4) is 0 Å². The number of hydrogen-bond donors (Lipinski definition) is 0. The van der Waals surface area contributed by atoms with E-state index in [2.05, 4.69) is 131 Å². The van der Waals surface area contributed by atoms with Crippen LogP contribution in [0.5, 0.6) is 0 Å². The second-order valence-corrected chi connectivity index (χ2v) is 14.0. The third-order valence-corrected chi connectivity index (χ3v) is 10.3. The Labute approximate surface area is 336 Å². The van der Waals surface area contributed by atoms with Gasteiger partial charge < -0.3 is 0 Å². The second-order valence-electron chi connectivity index (χ2n) is 14.0. The van der Waals surface area contributed by atoms with Crippen molar-refractivity contribution < 1.29 is 0 Å². The molecule has 10 aromatic rings. The van der Waals surface area contributed by atoms with Crippen molar-refractivity contribution >= 4 is 10.8 Å². The Morgan fingerprint density at radius 3 is 1.12 bits per heavy atom. The summed E-state index contributed by atoms with van der Waals surface area (Å²) in [5, 5.41) is 2.31. The van der Waals surface area contributed by atoms with Crippen LogP contribution >= 0.6 is 0 Å². The van der Waals surface area contributed by atoms with Gasteiger partial charge in [0.05, 0.1) is 11.4 Å². The van der Waals surface area contributed by atoms with Crippen molar-refractivity contribution in [3.63, 3.8) is 0 Å². The molecular formula is C52H34N6. The van der Waals surface area contributed by atoms with Crippen LogP contribution in [-0.2, 0) is 0 Å². The van der Waals surface area contributed by atoms with Gasteiger partial charge in [0.1, 0.15) is 0 Å². The van der Waals surface area contributed by atoms with Crippen molar-refractivity contribution in [1.82, 2.24) is 29.9 Å². The lowest BCUT2D eigenvalue weighted by Gasteiger charge is -2.15. The topological polar surface area (TPSA) is 77.3 Å². The number of fused-ring (bicyclic) bond motifs is 1. The Kier molecular flexibility index (Phi) is 9.10. The molecule has 272 valence electrons. The predicted molar refractivity (Wildman–Crippen MR) is 234 cm³/mol. The molecule has 0 saturated heterocycles. The highest BCUT2D eigenvalue weighted by molar-refractivity contribution is 6.05. The first-order valence-electron chi connectivity index (χ1n) is 19.2. The lowest BCUT2D eigenvalue weighted by Crippen LogP contribution is -2.00.